The van der Waals surface area contributed by atoms with Crippen LogP contribution >= 0.6 is 0 Å². The monoisotopic (exact) mass is 430 g/mol. The Kier molecular flexibility index (Phi) is 4.57. The van der Waals surface area contributed by atoms with Crippen LogP contribution in [0.25, 0.3) is 27.7 Å². The number of fused-ring (bicyclic) bond motifs is 1. The molecule has 0 bridgehead atoms. The molecule has 2 heterocycles. The summed E-state index contributed by atoms with van der Waals surface area (Å²) in [6.45, 7) is 3.84. The summed E-state index contributed by atoms with van der Waals surface area (Å²) in [5.41, 5.74) is 4.33. The SMILES string of the molecule is CN1CC(C)(c2c(-c3ccc(C(=O)O)cc3)c3c(O)cccc3n2-c2ccc(F)cc2)C1. The van der Waals surface area contributed by atoms with E-state index in [1.165, 1.54) is 12.1 Å². The summed E-state index contributed by atoms with van der Waals surface area (Å²) in [6, 6.07) is 18.5. The summed E-state index contributed by atoms with van der Waals surface area (Å²) in [5.74, 6) is -1.15. The summed E-state index contributed by atoms with van der Waals surface area (Å²) in [7, 11) is 2.06. The van der Waals surface area contributed by atoms with Crippen LogP contribution in [0.4, 0.5) is 4.39 Å². The molecule has 1 saturated heterocycles. The number of benzene rings is 3. The zero-order chi connectivity index (χ0) is 22.6. The molecule has 0 atom stereocenters. The fourth-order valence-electron chi connectivity index (χ4n) is 5.11. The maximum Gasteiger partial charge on any atom is 0.335 e. The van der Waals surface area contributed by atoms with Crippen LogP contribution < -0.4 is 0 Å². The van der Waals surface area contributed by atoms with E-state index in [-0.39, 0.29) is 22.5 Å². The molecule has 0 unspecified atom stereocenters. The van der Waals surface area contributed by atoms with Crippen molar-refractivity contribution in [1.29, 1.82) is 0 Å². The highest BCUT2D eigenvalue weighted by Crippen LogP contribution is 2.48. The third-order valence-corrected chi connectivity index (χ3v) is 6.29. The third kappa shape index (κ3) is 3.07. The maximum absolute atomic E-state index is 13.7. The van der Waals surface area contributed by atoms with Crippen LogP contribution in [0.2, 0.25) is 0 Å². The summed E-state index contributed by atoms with van der Waals surface area (Å²) >= 11 is 0. The molecular weight excluding hydrogens is 407 g/mol. The Hall–Kier alpha value is -3.64. The van der Waals surface area contributed by atoms with Crippen molar-refractivity contribution in [3.8, 4) is 22.6 Å². The second kappa shape index (κ2) is 7.21. The van der Waals surface area contributed by atoms with Gasteiger partial charge in [0.1, 0.15) is 11.6 Å². The number of aromatic nitrogens is 1. The normalized spacial score (nSPS) is 15.6. The molecule has 32 heavy (non-hydrogen) atoms. The van der Waals surface area contributed by atoms with E-state index < -0.39 is 5.97 Å². The van der Waals surface area contributed by atoms with Crippen molar-refractivity contribution in [3.05, 3.63) is 83.8 Å². The number of likely N-dealkylation sites (tertiary alicyclic amines) is 1. The second-order valence-corrected chi connectivity index (χ2v) is 8.82. The van der Waals surface area contributed by atoms with Gasteiger partial charge in [-0.05, 0) is 61.1 Å². The molecule has 5 nitrogen and oxygen atoms in total. The average molecular weight is 430 g/mol. The number of likely N-dealkylation sites (N-methyl/N-ethyl adjacent to an activating group) is 1. The van der Waals surface area contributed by atoms with Crippen LogP contribution in [0.15, 0.2) is 66.7 Å². The molecule has 0 saturated carbocycles. The van der Waals surface area contributed by atoms with E-state index in [2.05, 4.69) is 23.4 Å². The van der Waals surface area contributed by atoms with Gasteiger partial charge in [-0.25, -0.2) is 9.18 Å². The number of halogens is 1. The Morgan fingerprint density at radius 2 is 1.66 bits per heavy atom. The molecule has 0 amide bonds. The maximum atomic E-state index is 13.7. The van der Waals surface area contributed by atoms with Gasteiger partial charge in [-0.1, -0.05) is 25.1 Å². The van der Waals surface area contributed by atoms with Crippen LogP contribution in [0.5, 0.6) is 5.75 Å². The molecule has 0 aliphatic carbocycles. The number of hydrogen-bond acceptors (Lipinski definition) is 3. The lowest BCUT2D eigenvalue weighted by Crippen LogP contribution is -2.56. The van der Waals surface area contributed by atoms with Crippen LogP contribution in [0.3, 0.4) is 0 Å². The van der Waals surface area contributed by atoms with E-state index in [1.807, 2.05) is 6.07 Å². The van der Waals surface area contributed by atoms with Crippen LogP contribution in [0, 0.1) is 5.82 Å². The topological polar surface area (TPSA) is 65.7 Å². The first kappa shape index (κ1) is 20.3. The minimum absolute atomic E-state index is 0.151. The smallest absolute Gasteiger partial charge is 0.335 e. The lowest BCUT2D eigenvalue weighted by Gasteiger charge is -2.47. The quantitative estimate of drug-likeness (QED) is 0.476. The lowest BCUT2D eigenvalue weighted by molar-refractivity contribution is 0.0697. The number of carboxylic acids is 1. The molecular formula is C26H23FN2O3. The molecule has 162 valence electrons. The molecule has 1 aromatic heterocycles. The van der Waals surface area contributed by atoms with Crippen LogP contribution in [-0.4, -0.2) is 45.8 Å². The average Bonchev–Trinajstić information content (AvgIpc) is 3.10. The molecule has 1 fully saturated rings. The van der Waals surface area contributed by atoms with Crippen LogP contribution in [0.1, 0.15) is 23.0 Å². The molecule has 2 N–H and O–H groups in total. The Balaban J connectivity index is 1.88. The zero-order valence-corrected chi connectivity index (χ0v) is 17.8. The summed E-state index contributed by atoms with van der Waals surface area (Å²) < 4.78 is 15.8. The largest absolute Gasteiger partial charge is 0.507 e. The van der Waals surface area contributed by atoms with Gasteiger partial charge >= 0.3 is 5.97 Å². The number of phenols is 1. The first-order valence-electron chi connectivity index (χ1n) is 10.4. The number of phenolic OH excluding ortho intramolecular Hbond substituents is 1. The Labute approximate surface area is 185 Å². The summed E-state index contributed by atoms with van der Waals surface area (Å²) in [5, 5.41) is 20.9. The van der Waals surface area contributed by atoms with Crippen molar-refractivity contribution < 1.29 is 19.4 Å². The van der Waals surface area contributed by atoms with E-state index >= 15 is 0 Å². The molecule has 1 aliphatic rings. The fraction of sp³-hybridized carbons (Fsp3) is 0.192. The van der Waals surface area contributed by atoms with Crippen molar-refractivity contribution in [1.82, 2.24) is 9.47 Å². The number of rotatable bonds is 4. The Morgan fingerprint density at radius 1 is 1.00 bits per heavy atom. The minimum Gasteiger partial charge on any atom is -0.507 e. The number of carboxylic acid groups (broad SMARTS) is 1. The van der Waals surface area contributed by atoms with Crippen molar-refractivity contribution in [3.63, 3.8) is 0 Å². The van der Waals surface area contributed by atoms with E-state index in [0.717, 1.165) is 41.1 Å². The predicted octanol–water partition coefficient (Wildman–Crippen LogP) is 5.04. The zero-order valence-electron chi connectivity index (χ0n) is 17.8. The highest BCUT2D eigenvalue weighted by Gasteiger charge is 2.43. The van der Waals surface area contributed by atoms with Gasteiger partial charge in [0.15, 0.2) is 0 Å². The van der Waals surface area contributed by atoms with Crippen molar-refractivity contribution >= 4 is 16.9 Å². The lowest BCUT2D eigenvalue weighted by atomic mass is 9.76. The first-order chi connectivity index (χ1) is 15.3. The van der Waals surface area contributed by atoms with Crippen molar-refractivity contribution in [2.24, 2.45) is 0 Å². The summed E-state index contributed by atoms with van der Waals surface area (Å²) in [4.78, 5) is 13.6. The Morgan fingerprint density at radius 3 is 2.25 bits per heavy atom. The van der Waals surface area contributed by atoms with E-state index in [9.17, 15) is 19.4 Å². The standard InChI is InChI=1S/C26H23FN2O3/c1-26(14-28(2)15-26)24-22(16-6-8-17(9-7-16)25(31)32)23-20(4-3-5-21(23)30)29(24)19-12-10-18(27)11-13-19/h3-13,30H,14-15H2,1-2H3,(H,31,32). The number of carbonyl (C=O) groups is 1. The number of nitrogens with zero attached hydrogens (tertiary/aromatic N) is 2. The van der Waals surface area contributed by atoms with Gasteiger partial charge in [0.05, 0.1) is 11.1 Å². The van der Waals surface area contributed by atoms with E-state index in [4.69, 9.17) is 0 Å². The number of aromatic hydroxyl groups is 1. The van der Waals surface area contributed by atoms with Gasteiger partial charge in [-0.3, -0.25) is 0 Å². The molecule has 5 rings (SSSR count). The van der Waals surface area contributed by atoms with Gasteiger partial charge in [-0.15, -0.1) is 0 Å². The molecule has 1 aliphatic heterocycles. The Bertz CT molecular complexity index is 1330. The van der Waals surface area contributed by atoms with Crippen LogP contribution in [-0.2, 0) is 5.41 Å². The first-order valence-corrected chi connectivity index (χ1v) is 10.4. The summed E-state index contributed by atoms with van der Waals surface area (Å²) in [6.07, 6.45) is 0. The highest BCUT2D eigenvalue weighted by molar-refractivity contribution is 6.04. The van der Waals surface area contributed by atoms with Crippen molar-refractivity contribution in [2.75, 3.05) is 20.1 Å². The van der Waals surface area contributed by atoms with Gasteiger partial charge in [0.25, 0.3) is 0 Å². The van der Waals surface area contributed by atoms with Gasteiger partial charge in [0, 0.05) is 40.8 Å². The minimum atomic E-state index is -0.985. The molecule has 0 spiro atoms. The van der Waals surface area contributed by atoms with Crippen molar-refractivity contribution in [2.45, 2.75) is 12.3 Å². The molecule has 4 aromatic rings. The van der Waals surface area contributed by atoms with Gasteiger partial charge in [-0.2, -0.15) is 0 Å². The van der Waals surface area contributed by atoms with E-state index in [1.54, 1.807) is 48.5 Å². The van der Waals surface area contributed by atoms with Gasteiger partial charge < -0.3 is 19.7 Å². The number of aromatic carboxylic acids is 1. The second-order valence-electron chi connectivity index (χ2n) is 8.82. The third-order valence-electron chi connectivity index (χ3n) is 6.29. The number of hydrogen-bond donors (Lipinski definition) is 2. The fourth-order valence-corrected chi connectivity index (χ4v) is 5.11. The van der Waals surface area contributed by atoms with E-state index in [0.29, 0.717) is 5.39 Å². The highest BCUT2D eigenvalue weighted by atomic mass is 19.1. The molecule has 6 heteroatoms. The molecule has 3 aromatic carbocycles. The molecule has 0 radical (unpaired) electrons. The predicted molar refractivity (Wildman–Crippen MR) is 122 cm³/mol. The van der Waals surface area contributed by atoms with Gasteiger partial charge in [0.2, 0.25) is 0 Å².